The Morgan fingerprint density at radius 1 is 1.46 bits per heavy atom. The van der Waals surface area contributed by atoms with Crippen molar-refractivity contribution in [2.45, 2.75) is 37.8 Å². The molecule has 1 fully saturated rings. The highest BCUT2D eigenvalue weighted by atomic mass is 16.4. The lowest BCUT2D eigenvalue weighted by Crippen LogP contribution is -2.37. The molecule has 0 radical (unpaired) electrons. The van der Waals surface area contributed by atoms with Crippen molar-refractivity contribution in [2.24, 2.45) is 5.11 Å². The molecule has 0 heterocycles. The van der Waals surface area contributed by atoms with Gasteiger partial charge in [0.2, 0.25) is 0 Å². The third-order valence-electron chi connectivity index (χ3n) is 2.24. The van der Waals surface area contributed by atoms with E-state index in [1.165, 1.54) is 0 Å². The number of amides is 1. The zero-order valence-corrected chi connectivity index (χ0v) is 7.18. The molecule has 1 amide bonds. The van der Waals surface area contributed by atoms with Gasteiger partial charge in [0.05, 0.1) is 0 Å². The Morgan fingerprint density at radius 3 is 2.54 bits per heavy atom. The molecule has 1 aliphatic rings. The maximum atomic E-state index is 10.3. The quantitative estimate of drug-likeness (QED) is 0.389. The monoisotopic (exact) mass is 184 g/mol. The van der Waals surface area contributed by atoms with Gasteiger partial charge in [-0.15, -0.1) is 0 Å². The number of rotatable bonds is 2. The third kappa shape index (κ3) is 3.21. The van der Waals surface area contributed by atoms with Gasteiger partial charge in [-0.3, -0.25) is 0 Å². The zero-order chi connectivity index (χ0) is 9.68. The second-order valence-corrected chi connectivity index (χ2v) is 3.16. The zero-order valence-electron chi connectivity index (χ0n) is 7.18. The molecule has 0 spiro atoms. The van der Waals surface area contributed by atoms with Crippen LogP contribution in [0.5, 0.6) is 0 Å². The van der Waals surface area contributed by atoms with Crippen molar-refractivity contribution in [3.8, 4) is 0 Å². The molecular formula is C7H12N4O2. The van der Waals surface area contributed by atoms with Gasteiger partial charge in [-0.2, -0.15) is 0 Å². The summed E-state index contributed by atoms with van der Waals surface area (Å²) in [6.07, 6.45) is 2.09. The summed E-state index contributed by atoms with van der Waals surface area (Å²) in [5, 5.41) is 14.5. The molecule has 0 aromatic heterocycles. The van der Waals surface area contributed by atoms with E-state index in [1.807, 2.05) is 0 Å². The van der Waals surface area contributed by atoms with E-state index >= 15 is 0 Å². The Bertz CT molecular complexity index is 229. The number of hydrogen-bond donors (Lipinski definition) is 2. The first-order valence-electron chi connectivity index (χ1n) is 4.26. The van der Waals surface area contributed by atoms with Crippen LogP contribution in [0.2, 0.25) is 0 Å². The Balaban J connectivity index is 2.30. The predicted octanol–water partition coefficient (Wildman–Crippen LogP) is 1.88. The van der Waals surface area contributed by atoms with Crippen LogP contribution < -0.4 is 5.32 Å². The Hall–Kier alpha value is -1.42. The van der Waals surface area contributed by atoms with E-state index in [4.69, 9.17) is 10.6 Å². The first-order valence-corrected chi connectivity index (χ1v) is 4.26. The van der Waals surface area contributed by atoms with Crippen molar-refractivity contribution >= 4 is 6.09 Å². The van der Waals surface area contributed by atoms with Crippen LogP contribution >= 0.6 is 0 Å². The van der Waals surface area contributed by atoms with E-state index in [-0.39, 0.29) is 12.1 Å². The van der Waals surface area contributed by atoms with Gasteiger partial charge in [-0.05, 0) is 31.2 Å². The van der Waals surface area contributed by atoms with Gasteiger partial charge in [0.1, 0.15) is 0 Å². The van der Waals surface area contributed by atoms with Crippen LogP contribution in [-0.2, 0) is 0 Å². The van der Waals surface area contributed by atoms with E-state index in [2.05, 4.69) is 15.3 Å². The average Bonchev–Trinajstić information content (AvgIpc) is 2.08. The molecule has 0 unspecified atom stereocenters. The second kappa shape index (κ2) is 4.57. The summed E-state index contributed by atoms with van der Waals surface area (Å²) in [6.45, 7) is 0. The molecule has 1 rings (SSSR count). The van der Waals surface area contributed by atoms with Gasteiger partial charge in [-0.1, -0.05) is 5.11 Å². The highest BCUT2D eigenvalue weighted by molar-refractivity contribution is 5.64. The van der Waals surface area contributed by atoms with E-state index in [0.29, 0.717) is 0 Å². The number of azide groups is 1. The standard InChI is InChI=1S/C7H12N4O2/c8-11-10-6-3-1-5(2-4-6)9-7(12)13/h5-6,9H,1-4H2,(H,12,13). The van der Waals surface area contributed by atoms with E-state index in [9.17, 15) is 4.79 Å². The predicted molar refractivity (Wildman–Crippen MR) is 46.4 cm³/mol. The molecule has 72 valence electrons. The summed E-state index contributed by atoms with van der Waals surface area (Å²) in [6, 6.07) is 0.0829. The SMILES string of the molecule is [N-]=[N+]=NC1CCC(NC(=O)O)CC1. The fourth-order valence-electron chi connectivity index (χ4n) is 1.58. The fourth-order valence-corrected chi connectivity index (χ4v) is 1.58. The van der Waals surface area contributed by atoms with Crippen LogP contribution in [-0.4, -0.2) is 23.3 Å². The molecule has 0 atom stereocenters. The summed E-state index contributed by atoms with van der Waals surface area (Å²) < 4.78 is 0. The van der Waals surface area contributed by atoms with Gasteiger partial charge >= 0.3 is 6.09 Å². The van der Waals surface area contributed by atoms with E-state index < -0.39 is 6.09 Å². The second-order valence-electron chi connectivity index (χ2n) is 3.16. The minimum Gasteiger partial charge on any atom is -0.465 e. The summed E-state index contributed by atoms with van der Waals surface area (Å²) in [7, 11) is 0. The normalized spacial score (nSPS) is 27.4. The van der Waals surface area contributed by atoms with Crippen molar-refractivity contribution in [3.63, 3.8) is 0 Å². The van der Waals surface area contributed by atoms with Crippen molar-refractivity contribution < 1.29 is 9.90 Å². The number of nitrogens with zero attached hydrogens (tertiary/aromatic N) is 3. The average molecular weight is 184 g/mol. The molecule has 0 aliphatic heterocycles. The van der Waals surface area contributed by atoms with Crippen molar-refractivity contribution in [2.75, 3.05) is 0 Å². The Kier molecular flexibility index (Phi) is 3.40. The van der Waals surface area contributed by atoms with Crippen LogP contribution in [0.25, 0.3) is 10.4 Å². The minimum atomic E-state index is -0.979. The molecular weight excluding hydrogens is 172 g/mol. The number of carboxylic acid groups (broad SMARTS) is 1. The maximum absolute atomic E-state index is 10.3. The summed E-state index contributed by atoms with van der Waals surface area (Å²) >= 11 is 0. The molecule has 0 bridgehead atoms. The Labute approximate surface area is 75.6 Å². The smallest absolute Gasteiger partial charge is 0.404 e. The van der Waals surface area contributed by atoms with E-state index in [1.54, 1.807) is 0 Å². The molecule has 6 heteroatoms. The van der Waals surface area contributed by atoms with Crippen LogP contribution in [0.3, 0.4) is 0 Å². The molecule has 13 heavy (non-hydrogen) atoms. The molecule has 0 saturated heterocycles. The van der Waals surface area contributed by atoms with Crippen LogP contribution in [0.15, 0.2) is 5.11 Å². The van der Waals surface area contributed by atoms with Crippen molar-refractivity contribution in [1.29, 1.82) is 0 Å². The minimum absolute atomic E-state index is 0.0302. The maximum Gasteiger partial charge on any atom is 0.404 e. The number of hydrogen-bond acceptors (Lipinski definition) is 2. The van der Waals surface area contributed by atoms with Crippen LogP contribution in [0.4, 0.5) is 4.79 Å². The number of nitrogens with one attached hydrogen (secondary N) is 1. The molecule has 1 aliphatic carbocycles. The van der Waals surface area contributed by atoms with Gasteiger partial charge in [0.25, 0.3) is 0 Å². The first kappa shape index (κ1) is 9.67. The highest BCUT2D eigenvalue weighted by Gasteiger charge is 2.20. The van der Waals surface area contributed by atoms with Crippen molar-refractivity contribution in [3.05, 3.63) is 10.4 Å². The van der Waals surface area contributed by atoms with Gasteiger partial charge in [-0.25, -0.2) is 4.79 Å². The van der Waals surface area contributed by atoms with Crippen LogP contribution in [0.1, 0.15) is 25.7 Å². The summed E-state index contributed by atoms with van der Waals surface area (Å²) in [4.78, 5) is 13.0. The Morgan fingerprint density at radius 2 is 2.08 bits per heavy atom. The van der Waals surface area contributed by atoms with Gasteiger partial charge in [0.15, 0.2) is 0 Å². The molecule has 1 saturated carbocycles. The molecule has 0 aromatic carbocycles. The van der Waals surface area contributed by atoms with Crippen molar-refractivity contribution in [1.82, 2.24) is 5.32 Å². The third-order valence-corrected chi connectivity index (χ3v) is 2.24. The lowest BCUT2D eigenvalue weighted by Gasteiger charge is -2.25. The number of carbonyl (C=O) groups is 1. The first-order chi connectivity index (χ1) is 6.22. The molecule has 6 nitrogen and oxygen atoms in total. The fraction of sp³-hybridized carbons (Fsp3) is 0.857. The molecule has 2 N–H and O–H groups in total. The van der Waals surface area contributed by atoms with E-state index in [0.717, 1.165) is 25.7 Å². The summed E-state index contributed by atoms with van der Waals surface area (Å²) in [5.41, 5.74) is 8.18. The van der Waals surface area contributed by atoms with Crippen LogP contribution in [0, 0.1) is 0 Å². The topological polar surface area (TPSA) is 98.1 Å². The lowest BCUT2D eigenvalue weighted by atomic mass is 9.92. The largest absolute Gasteiger partial charge is 0.465 e. The molecule has 0 aromatic rings. The lowest BCUT2D eigenvalue weighted by molar-refractivity contribution is 0.185. The van der Waals surface area contributed by atoms with Gasteiger partial charge in [0, 0.05) is 17.0 Å². The summed E-state index contributed by atoms with van der Waals surface area (Å²) in [5.74, 6) is 0. The van der Waals surface area contributed by atoms with Gasteiger partial charge < -0.3 is 10.4 Å². The highest BCUT2D eigenvalue weighted by Crippen LogP contribution is 2.21.